The van der Waals surface area contributed by atoms with Gasteiger partial charge in [0.15, 0.2) is 34.0 Å². The third-order valence-corrected chi connectivity index (χ3v) is 13.1. The highest BCUT2D eigenvalue weighted by molar-refractivity contribution is 7.16. The van der Waals surface area contributed by atoms with Crippen molar-refractivity contribution in [2.45, 2.75) is 64.7 Å². The molecule has 0 radical (unpaired) electrons. The van der Waals surface area contributed by atoms with E-state index in [-0.39, 0.29) is 30.7 Å². The zero-order chi connectivity index (χ0) is 39.1. The molecular weight excluding hydrogens is 758 g/mol. The molecule has 294 valence electrons. The minimum absolute atomic E-state index is 0.114. The number of anilines is 2. The van der Waals surface area contributed by atoms with Gasteiger partial charge in [-0.05, 0) is 89.0 Å². The monoisotopic (exact) mass is 807 g/mol. The molecule has 2 aromatic carbocycles. The Hall–Kier alpha value is -4.22. The number of rotatable bonds is 17. The molecule has 0 fully saturated rings. The number of halogens is 1. The van der Waals surface area contributed by atoms with Crippen molar-refractivity contribution in [3.8, 4) is 5.75 Å². The van der Waals surface area contributed by atoms with E-state index >= 15 is 0 Å². The van der Waals surface area contributed by atoms with Crippen molar-refractivity contribution in [1.29, 1.82) is 0 Å². The molecule has 3 aromatic heterocycles. The summed E-state index contributed by atoms with van der Waals surface area (Å²) in [5, 5.41) is 9.92. The van der Waals surface area contributed by atoms with Crippen LogP contribution in [0.4, 0.5) is 21.2 Å². The van der Waals surface area contributed by atoms with Gasteiger partial charge in [0.2, 0.25) is 11.6 Å². The van der Waals surface area contributed by atoms with Crippen molar-refractivity contribution in [3.05, 3.63) is 80.3 Å². The minimum atomic E-state index is -1.22. The Labute approximate surface area is 330 Å². The molecule has 1 aliphatic rings. The molecule has 0 spiro atoms. The summed E-state index contributed by atoms with van der Waals surface area (Å²) in [6.45, 7) is 11.5. The summed E-state index contributed by atoms with van der Waals surface area (Å²) < 4.78 is 34.3. The first-order chi connectivity index (χ1) is 26.4. The molecule has 1 aliphatic heterocycles. The largest absolute Gasteiger partial charge is 0.491 e. The number of para-hydroxylation sites is 1. The Morgan fingerprint density at radius 2 is 1.89 bits per heavy atom. The summed E-state index contributed by atoms with van der Waals surface area (Å²) in [6.07, 6.45) is 3.48. The molecule has 0 bridgehead atoms. The van der Waals surface area contributed by atoms with Crippen molar-refractivity contribution in [2.75, 3.05) is 59.2 Å². The van der Waals surface area contributed by atoms with E-state index in [2.05, 4.69) is 34.7 Å². The lowest BCUT2D eigenvalue weighted by Crippen LogP contribution is -2.28. The molecule has 0 aliphatic carbocycles. The average Bonchev–Trinajstić information content (AvgIpc) is 3.74. The average molecular weight is 808 g/mol. The van der Waals surface area contributed by atoms with Crippen molar-refractivity contribution in [3.63, 3.8) is 0 Å². The maximum Gasteiger partial charge on any atom is 0.357 e. The lowest BCUT2D eigenvalue weighted by atomic mass is 10.0. The van der Waals surface area contributed by atoms with Crippen LogP contribution in [0.3, 0.4) is 0 Å². The number of likely N-dealkylation sites (N-methyl/N-ethyl adjacent to an activating group) is 1. The predicted molar refractivity (Wildman–Crippen MR) is 219 cm³/mol. The van der Waals surface area contributed by atoms with Crippen molar-refractivity contribution in [2.24, 2.45) is 4.99 Å². The number of aryl methyl sites for hydroxylation is 1. The van der Waals surface area contributed by atoms with E-state index in [4.69, 9.17) is 29.0 Å². The van der Waals surface area contributed by atoms with Gasteiger partial charge in [-0.1, -0.05) is 49.2 Å². The predicted octanol–water partition coefficient (Wildman–Crippen LogP) is 7.36. The molecule has 0 saturated heterocycles. The number of ether oxygens (including phenoxy) is 3. The number of carbonyl (C=O) groups is 1. The van der Waals surface area contributed by atoms with Gasteiger partial charge in [0, 0.05) is 43.8 Å². The van der Waals surface area contributed by atoms with Gasteiger partial charge in [-0.25, -0.2) is 14.2 Å². The normalized spacial score (nSPS) is 13.5. The Morgan fingerprint density at radius 3 is 2.65 bits per heavy atom. The van der Waals surface area contributed by atoms with E-state index in [0.29, 0.717) is 47.6 Å². The second-order valence-corrected chi connectivity index (χ2v) is 22.7. The highest BCUT2D eigenvalue weighted by Crippen LogP contribution is 2.39. The fraction of sp³-hybridized carbons (Fsp3) is 0.462. The highest BCUT2D eigenvalue weighted by atomic mass is 32.1. The molecule has 5 aromatic rings. The van der Waals surface area contributed by atoms with Crippen molar-refractivity contribution >= 4 is 63.7 Å². The molecule has 16 heteroatoms. The number of methoxy groups -OCH3 is 1. The van der Waals surface area contributed by atoms with E-state index in [1.54, 1.807) is 10.8 Å². The number of benzene rings is 2. The number of esters is 1. The molecule has 55 heavy (non-hydrogen) atoms. The zero-order valence-electron chi connectivity index (χ0n) is 32.7. The van der Waals surface area contributed by atoms with Gasteiger partial charge in [-0.2, -0.15) is 9.72 Å². The Balaban J connectivity index is 1.19. The van der Waals surface area contributed by atoms with Gasteiger partial charge in [0.25, 0.3) is 0 Å². The van der Waals surface area contributed by atoms with E-state index in [0.717, 1.165) is 63.6 Å². The number of thiazole rings is 2. The van der Waals surface area contributed by atoms with Gasteiger partial charge >= 0.3 is 5.97 Å². The van der Waals surface area contributed by atoms with Crippen LogP contribution in [0, 0.1) is 12.7 Å². The lowest BCUT2D eigenvalue weighted by Gasteiger charge is -2.28. The molecule has 0 amide bonds. The highest BCUT2D eigenvalue weighted by Gasteiger charge is 2.29. The molecule has 0 saturated carbocycles. The van der Waals surface area contributed by atoms with Crippen LogP contribution in [-0.4, -0.2) is 93.2 Å². The Bertz CT molecular complexity index is 2180. The van der Waals surface area contributed by atoms with Crippen LogP contribution in [0.5, 0.6) is 5.75 Å². The van der Waals surface area contributed by atoms with E-state index in [1.807, 2.05) is 56.3 Å². The number of fused-ring (bicyclic) bond motifs is 2. The molecule has 12 nitrogen and oxygen atoms in total. The van der Waals surface area contributed by atoms with Crippen LogP contribution in [0.1, 0.15) is 44.9 Å². The molecular formula is C39H50FN7O5S2Si. The first-order valence-electron chi connectivity index (χ1n) is 18.6. The summed E-state index contributed by atoms with van der Waals surface area (Å²) in [5.74, 6) is 0.541. The molecule has 0 atom stereocenters. The third-order valence-electron chi connectivity index (χ3n) is 9.23. The van der Waals surface area contributed by atoms with Crippen LogP contribution in [0.25, 0.3) is 10.2 Å². The van der Waals surface area contributed by atoms with Crippen molar-refractivity contribution in [1.82, 2.24) is 24.8 Å². The standard InChI is InChI=1S/C39H50FN7O5S2Si/c1-26-28-12-10-19-46(36(28)44-43-35(26)42-39-47(30-13-8-9-14-32(30)53-39)52-25-50-22-23-55(5,6)7)38-41-34(37(48)49-4)33(54-38)15-11-21-51-31-17-16-27(24-29(31)40)18-20-45(2)3/h8-9,13-14,16-17,24H,10-12,15,18-23,25H2,1-7H3. The molecule has 6 rings (SSSR count). The summed E-state index contributed by atoms with van der Waals surface area (Å²) in [7, 11) is 4.11. The van der Waals surface area contributed by atoms with Crippen LogP contribution in [-0.2, 0) is 28.7 Å². The fourth-order valence-corrected chi connectivity index (χ4v) is 8.93. The maximum absolute atomic E-state index is 14.8. The summed E-state index contributed by atoms with van der Waals surface area (Å²) in [5.41, 5.74) is 4.04. The van der Waals surface area contributed by atoms with Crippen LogP contribution < -0.4 is 19.3 Å². The van der Waals surface area contributed by atoms with Gasteiger partial charge in [0.05, 0.1) is 18.4 Å². The quantitative estimate of drug-likeness (QED) is 0.0409. The Kier molecular flexibility index (Phi) is 13.3. The number of nitrogens with zero attached hydrogens (tertiary/aromatic N) is 7. The summed E-state index contributed by atoms with van der Waals surface area (Å²) in [6, 6.07) is 14.2. The third kappa shape index (κ3) is 10.2. The Morgan fingerprint density at radius 1 is 1.07 bits per heavy atom. The van der Waals surface area contributed by atoms with Crippen LogP contribution in [0.15, 0.2) is 47.5 Å². The number of aromatic nitrogens is 4. The molecule has 0 N–H and O–H groups in total. The second kappa shape index (κ2) is 18.2. The van der Waals surface area contributed by atoms with E-state index < -0.39 is 14.0 Å². The summed E-state index contributed by atoms with van der Waals surface area (Å²) >= 11 is 2.94. The maximum atomic E-state index is 14.8. The second-order valence-electron chi connectivity index (χ2n) is 15.0. The minimum Gasteiger partial charge on any atom is -0.491 e. The summed E-state index contributed by atoms with van der Waals surface area (Å²) in [4.78, 5) is 34.2. The van der Waals surface area contributed by atoms with E-state index in [1.165, 1.54) is 35.8 Å². The van der Waals surface area contributed by atoms with E-state index in [9.17, 15) is 9.18 Å². The van der Waals surface area contributed by atoms with Gasteiger partial charge in [0.1, 0.15) is 5.52 Å². The number of hydrogen-bond acceptors (Lipinski definition) is 13. The fourth-order valence-electron chi connectivity index (χ4n) is 6.09. The van der Waals surface area contributed by atoms with Gasteiger partial charge in [-0.15, -0.1) is 21.5 Å². The van der Waals surface area contributed by atoms with Gasteiger partial charge in [-0.3, -0.25) is 0 Å². The first kappa shape index (κ1) is 40.4. The molecule has 0 unspecified atom stereocenters. The van der Waals surface area contributed by atoms with Crippen LogP contribution >= 0.6 is 22.7 Å². The lowest BCUT2D eigenvalue weighted by molar-refractivity contribution is -0.0540. The number of carbonyl (C=O) groups excluding carboxylic acids is 1. The smallest absolute Gasteiger partial charge is 0.357 e. The topological polar surface area (TPSA) is 116 Å². The van der Waals surface area contributed by atoms with Crippen molar-refractivity contribution < 1.29 is 28.2 Å². The molecule has 4 heterocycles. The van der Waals surface area contributed by atoms with Gasteiger partial charge < -0.3 is 28.8 Å². The zero-order valence-corrected chi connectivity index (χ0v) is 35.3. The van der Waals surface area contributed by atoms with Crippen LogP contribution in [0.2, 0.25) is 25.7 Å². The SMILES string of the molecule is COC(=O)c1nc(N2CCCc3c2nnc(N=c2sc4ccccc4n2OCOCC[Si](C)(C)C)c3C)sc1CCCOc1ccc(CCN(C)C)cc1F. The first-order valence-corrected chi connectivity index (χ1v) is 23.9. The number of hydrogen-bond donors (Lipinski definition) is 0.